The highest BCUT2D eigenvalue weighted by molar-refractivity contribution is 9.09. The van der Waals surface area contributed by atoms with Gasteiger partial charge in [0.15, 0.2) is 6.61 Å². The molecule has 0 saturated carbocycles. The van der Waals surface area contributed by atoms with Crippen LogP contribution in [0, 0.1) is 0 Å². The average Bonchev–Trinajstić information content (AvgIpc) is 1.97. The molecule has 0 unspecified atom stereocenters. The van der Waals surface area contributed by atoms with Gasteiger partial charge in [0.1, 0.15) is 0 Å². The number of allylic oxidation sites excluding steroid dienone is 1. The predicted molar refractivity (Wildman–Crippen MR) is 43.9 cm³/mol. The molecule has 0 amide bonds. The first-order valence-electron chi connectivity index (χ1n) is 2.95. The second kappa shape index (κ2) is 4.97. The van der Waals surface area contributed by atoms with Crippen LogP contribution >= 0.6 is 15.9 Å². The summed E-state index contributed by atoms with van der Waals surface area (Å²) in [5.41, 5.74) is 0. The molecule has 0 aliphatic rings. The van der Waals surface area contributed by atoms with E-state index in [1.165, 1.54) is 0 Å². The molecule has 0 bridgehead atoms. The highest BCUT2D eigenvalue weighted by atomic mass is 79.9. The van der Waals surface area contributed by atoms with Crippen molar-refractivity contribution in [2.24, 2.45) is 0 Å². The van der Waals surface area contributed by atoms with Gasteiger partial charge in [-0.1, -0.05) is 22.0 Å². The van der Waals surface area contributed by atoms with Gasteiger partial charge in [0.05, 0.1) is 5.41 Å². The first-order valence-corrected chi connectivity index (χ1v) is 5.55. The van der Waals surface area contributed by atoms with Crippen LogP contribution in [-0.2, 0) is 14.3 Å². The van der Waals surface area contributed by atoms with E-state index in [0.717, 1.165) is 6.08 Å². The fraction of sp³-hybridized carbons (Fsp3) is 0.600. The van der Waals surface area contributed by atoms with Crippen molar-refractivity contribution in [3.63, 3.8) is 0 Å². The molecule has 0 spiro atoms. The Morgan fingerprint density at radius 2 is 1.92 bits per heavy atom. The molecule has 0 aromatic rings. The lowest BCUT2D eigenvalue weighted by Crippen LogP contribution is -2.19. The van der Waals surface area contributed by atoms with Crippen LogP contribution in [0.1, 0.15) is 0 Å². The van der Waals surface area contributed by atoms with Crippen LogP contribution in [0.4, 0.5) is 13.2 Å². The van der Waals surface area contributed by atoms with E-state index in [4.69, 9.17) is 0 Å². The maximum atomic E-state index is 11.5. The molecule has 0 fully saturated rings. The molecule has 0 aromatic carbocycles. The lowest BCUT2D eigenvalue weighted by molar-refractivity contribution is -0.152. The molecule has 0 N–H and O–H groups in total. The van der Waals surface area contributed by atoms with Crippen molar-refractivity contribution in [1.82, 2.24) is 0 Å². The van der Waals surface area contributed by atoms with Crippen molar-refractivity contribution in [2.75, 3.05) is 11.9 Å². The van der Waals surface area contributed by atoms with Crippen molar-refractivity contribution in [3.05, 3.63) is 11.5 Å². The minimum absolute atomic E-state index is 0.224. The molecule has 0 aromatic heterocycles. The Morgan fingerprint density at radius 1 is 1.38 bits per heavy atom. The van der Waals surface area contributed by atoms with Gasteiger partial charge in [-0.3, -0.25) is 4.18 Å². The van der Waals surface area contributed by atoms with Gasteiger partial charge in [0, 0.05) is 5.33 Å². The number of hydrogen-bond acceptors (Lipinski definition) is 3. The molecule has 8 heteroatoms. The molecule has 13 heavy (non-hydrogen) atoms. The van der Waals surface area contributed by atoms with E-state index in [-0.39, 0.29) is 5.33 Å². The van der Waals surface area contributed by atoms with Crippen molar-refractivity contribution in [1.29, 1.82) is 0 Å². The van der Waals surface area contributed by atoms with E-state index in [0.29, 0.717) is 5.41 Å². The molecular formula is C5H6BrF3O3S. The Bertz CT molecular complexity index is 269. The van der Waals surface area contributed by atoms with E-state index < -0.39 is 22.9 Å². The zero-order chi connectivity index (χ0) is 10.5. The quantitative estimate of drug-likeness (QED) is 0.583. The smallest absolute Gasteiger partial charge is 0.257 e. The highest BCUT2D eigenvalue weighted by Gasteiger charge is 2.30. The van der Waals surface area contributed by atoms with Crippen LogP contribution < -0.4 is 0 Å². The van der Waals surface area contributed by atoms with Gasteiger partial charge in [-0.05, 0) is 0 Å². The number of alkyl halides is 4. The summed E-state index contributed by atoms with van der Waals surface area (Å²) in [7, 11) is -4.21. The van der Waals surface area contributed by atoms with E-state index >= 15 is 0 Å². The zero-order valence-electron chi connectivity index (χ0n) is 6.21. The van der Waals surface area contributed by atoms with E-state index in [1.54, 1.807) is 0 Å². The second-order valence-corrected chi connectivity index (χ2v) is 4.04. The van der Waals surface area contributed by atoms with Crippen LogP contribution in [0.25, 0.3) is 0 Å². The van der Waals surface area contributed by atoms with Crippen LogP contribution in [0.15, 0.2) is 11.5 Å². The number of halogens is 4. The van der Waals surface area contributed by atoms with Crippen molar-refractivity contribution < 1.29 is 25.8 Å². The van der Waals surface area contributed by atoms with Gasteiger partial charge in [-0.15, -0.1) is 0 Å². The number of hydrogen-bond donors (Lipinski definition) is 0. The fourth-order valence-electron chi connectivity index (χ4n) is 0.342. The Balaban J connectivity index is 4.13. The predicted octanol–water partition coefficient (Wildman–Crippen LogP) is 1.80. The van der Waals surface area contributed by atoms with Gasteiger partial charge >= 0.3 is 6.18 Å². The molecule has 3 nitrogen and oxygen atoms in total. The lowest BCUT2D eigenvalue weighted by Gasteiger charge is -2.04. The molecule has 0 saturated heterocycles. The molecule has 0 atom stereocenters. The molecule has 78 valence electrons. The normalized spacial score (nSPS) is 13.8. The van der Waals surface area contributed by atoms with Gasteiger partial charge in [0.25, 0.3) is 10.1 Å². The molecule has 0 heterocycles. The summed E-state index contributed by atoms with van der Waals surface area (Å²) in [6.07, 6.45) is -3.53. The third-order valence-corrected chi connectivity index (χ3v) is 2.08. The van der Waals surface area contributed by atoms with E-state index in [1.807, 2.05) is 0 Å². The maximum Gasteiger partial charge on any atom is 0.413 e. The highest BCUT2D eigenvalue weighted by Crippen LogP contribution is 2.16. The third kappa shape index (κ3) is 8.26. The van der Waals surface area contributed by atoms with E-state index in [9.17, 15) is 21.6 Å². The topological polar surface area (TPSA) is 43.4 Å². The largest absolute Gasteiger partial charge is 0.413 e. The van der Waals surface area contributed by atoms with Crippen LogP contribution in [0.2, 0.25) is 0 Å². The van der Waals surface area contributed by atoms with Gasteiger partial charge in [-0.25, -0.2) is 0 Å². The van der Waals surface area contributed by atoms with Gasteiger partial charge in [-0.2, -0.15) is 21.6 Å². The Hall–Kier alpha value is -0.0800. The second-order valence-electron chi connectivity index (χ2n) is 1.90. The minimum atomic E-state index is -4.64. The first-order chi connectivity index (χ1) is 5.77. The standard InChI is InChI=1S/C5H6BrF3O3S/c6-2-1-3-13(10,11)12-4-5(7,8)9/h1,3H,2,4H2/b3-1+. The van der Waals surface area contributed by atoms with Gasteiger partial charge in [0.2, 0.25) is 0 Å². The molecule has 0 aliphatic heterocycles. The Kier molecular flexibility index (Phi) is 4.93. The lowest BCUT2D eigenvalue weighted by atomic mass is 10.7. The summed E-state index contributed by atoms with van der Waals surface area (Å²) in [5.74, 6) is 0. The Morgan fingerprint density at radius 3 is 2.31 bits per heavy atom. The van der Waals surface area contributed by atoms with Crippen molar-refractivity contribution >= 4 is 26.0 Å². The van der Waals surface area contributed by atoms with Crippen LogP contribution in [0.5, 0.6) is 0 Å². The van der Waals surface area contributed by atoms with Crippen molar-refractivity contribution in [3.8, 4) is 0 Å². The summed E-state index contributed by atoms with van der Waals surface area (Å²) in [4.78, 5) is 0. The van der Waals surface area contributed by atoms with Crippen LogP contribution in [0.3, 0.4) is 0 Å². The summed E-state index contributed by atoms with van der Waals surface area (Å²) >= 11 is 2.86. The van der Waals surface area contributed by atoms with E-state index in [2.05, 4.69) is 20.1 Å². The Labute approximate surface area is 81.8 Å². The monoisotopic (exact) mass is 282 g/mol. The fourth-order valence-corrected chi connectivity index (χ4v) is 1.49. The SMILES string of the molecule is O=S(=O)(/C=C/CBr)OCC(F)(F)F. The summed E-state index contributed by atoms with van der Waals surface area (Å²) in [5, 5.41) is 0.787. The minimum Gasteiger partial charge on any atom is -0.257 e. The molecular weight excluding hydrogens is 277 g/mol. The maximum absolute atomic E-state index is 11.5. The van der Waals surface area contributed by atoms with Crippen LogP contribution in [-0.4, -0.2) is 26.5 Å². The molecule has 0 radical (unpaired) electrons. The third-order valence-electron chi connectivity index (χ3n) is 0.739. The number of rotatable bonds is 4. The molecule has 0 rings (SSSR count). The first kappa shape index (κ1) is 12.9. The van der Waals surface area contributed by atoms with Crippen molar-refractivity contribution in [2.45, 2.75) is 6.18 Å². The summed E-state index contributed by atoms with van der Waals surface area (Å²) in [6.45, 7) is -1.80. The van der Waals surface area contributed by atoms with Gasteiger partial charge < -0.3 is 0 Å². The summed E-state index contributed by atoms with van der Waals surface area (Å²) < 4.78 is 59.3. The average molecular weight is 283 g/mol. The molecule has 0 aliphatic carbocycles. The zero-order valence-corrected chi connectivity index (χ0v) is 8.62. The summed E-state index contributed by atoms with van der Waals surface area (Å²) in [6, 6.07) is 0.